The Morgan fingerprint density at radius 2 is 1.95 bits per heavy atom. The van der Waals surface area contributed by atoms with Gasteiger partial charge in [-0.25, -0.2) is 9.18 Å². The summed E-state index contributed by atoms with van der Waals surface area (Å²) in [6.45, 7) is 1.44. The maximum absolute atomic E-state index is 13.9. The van der Waals surface area contributed by atoms with Crippen LogP contribution in [0.1, 0.15) is 12.5 Å². The van der Waals surface area contributed by atoms with Gasteiger partial charge in [0.2, 0.25) is 0 Å². The van der Waals surface area contributed by atoms with Crippen molar-refractivity contribution in [3.63, 3.8) is 0 Å². The summed E-state index contributed by atoms with van der Waals surface area (Å²) in [7, 11) is 0. The van der Waals surface area contributed by atoms with Gasteiger partial charge in [-0.05, 0) is 31.2 Å². The summed E-state index contributed by atoms with van der Waals surface area (Å²) in [4.78, 5) is 11.6. The van der Waals surface area contributed by atoms with Crippen molar-refractivity contribution in [3.05, 3.63) is 64.4 Å². The lowest BCUT2D eigenvalue weighted by molar-refractivity contribution is -0.142. The van der Waals surface area contributed by atoms with Gasteiger partial charge in [-0.1, -0.05) is 40.2 Å². The number of anilines is 1. The molecule has 5 heteroatoms. The third-order valence-electron chi connectivity index (χ3n) is 3.06. The van der Waals surface area contributed by atoms with E-state index in [4.69, 9.17) is 0 Å². The highest BCUT2D eigenvalue weighted by Crippen LogP contribution is 2.29. The quantitative estimate of drug-likeness (QED) is 0.886. The lowest BCUT2D eigenvalue weighted by Crippen LogP contribution is -2.41. The lowest BCUT2D eigenvalue weighted by Gasteiger charge is -2.28. The third kappa shape index (κ3) is 2.82. The van der Waals surface area contributed by atoms with Crippen molar-refractivity contribution in [1.82, 2.24) is 0 Å². The maximum Gasteiger partial charge on any atom is 0.333 e. The van der Waals surface area contributed by atoms with Crippen LogP contribution in [0.4, 0.5) is 10.1 Å². The Kier molecular flexibility index (Phi) is 4.09. The van der Waals surface area contributed by atoms with Crippen molar-refractivity contribution < 1.29 is 14.3 Å². The summed E-state index contributed by atoms with van der Waals surface area (Å²) >= 11 is 3.32. The van der Waals surface area contributed by atoms with Crippen LogP contribution in [0.5, 0.6) is 0 Å². The topological polar surface area (TPSA) is 49.3 Å². The van der Waals surface area contributed by atoms with Crippen molar-refractivity contribution in [1.29, 1.82) is 0 Å². The van der Waals surface area contributed by atoms with Gasteiger partial charge in [0, 0.05) is 15.7 Å². The average Bonchev–Trinajstić information content (AvgIpc) is 2.38. The van der Waals surface area contributed by atoms with E-state index in [-0.39, 0.29) is 5.56 Å². The molecule has 0 saturated carbocycles. The minimum atomic E-state index is -1.55. The molecule has 0 heterocycles. The van der Waals surface area contributed by atoms with E-state index < -0.39 is 17.3 Å². The van der Waals surface area contributed by atoms with Crippen LogP contribution in [0, 0.1) is 5.82 Å². The molecule has 3 nitrogen and oxygen atoms in total. The standard InChI is InChI=1S/C15H13BrFNO2/c1-15(14(19)20,12-7-2-3-8-13(12)17)18-11-6-4-5-10(16)9-11/h2-9,18H,1H3,(H,19,20). The fourth-order valence-electron chi connectivity index (χ4n) is 1.96. The van der Waals surface area contributed by atoms with Crippen LogP contribution >= 0.6 is 15.9 Å². The van der Waals surface area contributed by atoms with Crippen molar-refractivity contribution in [3.8, 4) is 0 Å². The van der Waals surface area contributed by atoms with Gasteiger partial charge >= 0.3 is 5.97 Å². The van der Waals surface area contributed by atoms with Gasteiger partial charge in [-0.2, -0.15) is 0 Å². The molecular weight excluding hydrogens is 325 g/mol. The monoisotopic (exact) mass is 337 g/mol. The zero-order valence-electron chi connectivity index (χ0n) is 10.7. The Morgan fingerprint density at radius 1 is 1.25 bits per heavy atom. The molecule has 1 unspecified atom stereocenters. The highest BCUT2D eigenvalue weighted by molar-refractivity contribution is 9.10. The van der Waals surface area contributed by atoms with E-state index in [0.29, 0.717) is 5.69 Å². The largest absolute Gasteiger partial charge is 0.479 e. The predicted octanol–water partition coefficient (Wildman–Crippen LogP) is 4.00. The number of halogens is 2. The Hall–Kier alpha value is -1.88. The van der Waals surface area contributed by atoms with Crippen LogP contribution in [-0.4, -0.2) is 11.1 Å². The fourth-order valence-corrected chi connectivity index (χ4v) is 2.36. The zero-order valence-corrected chi connectivity index (χ0v) is 12.3. The molecule has 0 amide bonds. The molecule has 0 aliphatic carbocycles. The first-order chi connectivity index (χ1) is 9.43. The van der Waals surface area contributed by atoms with Gasteiger partial charge in [0.15, 0.2) is 5.54 Å². The normalized spacial score (nSPS) is 13.6. The zero-order chi connectivity index (χ0) is 14.8. The summed E-state index contributed by atoms with van der Waals surface area (Å²) in [5, 5.41) is 12.4. The Labute approximate surface area is 124 Å². The summed E-state index contributed by atoms with van der Waals surface area (Å²) < 4.78 is 14.7. The SMILES string of the molecule is CC(Nc1cccc(Br)c1)(C(=O)O)c1ccccc1F. The first-order valence-corrected chi connectivity index (χ1v) is 6.75. The molecule has 0 radical (unpaired) electrons. The molecule has 20 heavy (non-hydrogen) atoms. The van der Waals surface area contributed by atoms with Gasteiger partial charge in [0.05, 0.1) is 0 Å². The minimum Gasteiger partial charge on any atom is -0.479 e. The molecule has 0 fully saturated rings. The second-order valence-electron chi connectivity index (χ2n) is 4.55. The van der Waals surface area contributed by atoms with Crippen molar-refractivity contribution in [2.45, 2.75) is 12.5 Å². The molecule has 0 aromatic heterocycles. The number of aliphatic carboxylic acids is 1. The summed E-state index contributed by atoms with van der Waals surface area (Å²) in [5.74, 6) is -1.71. The molecule has 0 spiro atoms. The van der Waals surface area contributed by atoms with Crippen LogP contribution in [-0.2, 0) is 10.3 Å². The van der Waals surface area contributed by atoms with Crippen LogP contribution < -0.4 is 5.32 Å². The summed E-state index contributed by atoms with van der Waals surface area (Å²) in [6.07, 6.45) is 0. The van der Waals surface area contributed by atoms with E-state index in [1.54, 1.807) is 24.3 Å². The molecule has 2 N–H and O–H groups in total. The summed E-state index contributed by atoms with van der Waals surface area (Å²) in [6, 6.07) is 12.9. The number of nitrogens with one attached hydrogen (secondary N) is 1. The molecule has 1 atom stereocenters. The Bertz CT molecular complexity index is 647. The van der Waals surface area contributed by atoms with Crippen LogP contribution in [0.3, 0.4) is 0 Å². The van der Waals surface area contributed by atoms with Gasteiger partial charge < -0.3 is 10.4 Å². The number of hydrogen-bond acceptors (Lipinski definition) is 2. The first kappa shape index (κ1) is 14.5. The third-order valence-corrected chi connectivity index (χ3v) is 3.55. The van der Waals surface area contributed by atoms with E-state index in [9.17, 15) is 14.3 Å². The first-order valence-electron chi connectivity index (χ1n) is 5.95. The van der Waals surface area contributed by atoms with Crippen molar-refractivity contribution in [2.75, 3.05) is 5.32 Å². The number of carbonyl (C=O) groups is 1. The second-order valence-corrected chi connectivity index (χ2v) is 5.46. The average molecular weight is 338 g/mol. The molecule has 104 valence electrons. The summed E-state index contributed by atoms with van der Waals surface area (Å²) in [5.41, 5.74) is -0.869. The van der Waals surface area contributed by atoms with E-state index in [2.05, 4.69) is 21.2 Å². The highest BCUT2D eigenvalue weighted by Gasteiger charge is 2.37. The molecular formula is C15H13BrFNO2. The Morgan fingerprint density at radius 3 is 2.55 bits per heavy atom. The van der Waals surface area contributed by atoms with Gasteiger partial charge in [-0.3, -0.25) is 0 Å². The van der Waals surface area contributed by atoms with E-state index in [0.717, 1.165) is 4.47 Å². The number of benzene rings is 2. The van der Waals surface area contributed by atoms with Gasteiger partial charge in [0.1, 0.15) is 5.82 Å². The van der Waals surface area contributed by atoms with Crippen LogP contribution in [0.2, 0.25) is 0 Å². The van der Waals surface area contributed by atoms with Gasteiger partial charge in [-0.15, -0.1) is 0 Å². The molecule has 2 aromatic carbocycles. The van der Waals surface area contributed by atoms with E-state index in [1.807, 2.05) is 6.07 Å². The molecule has 0 bridgehead atoms. The van der Waals surface area contributed by atoms with E-state index in [1.165, 1.54) is 25.1 Å². The maximum atomic E-state index is 13.9. The van der Waals surface area contributed by atoms with Crippen molar-refractivity contribution >= 4 is 27.6 Å². The number of carboxylic acids is 1. The minimum absolute atomic E-state index is 0.0903. The molecule has 0 saturated heterocycles. The number of carboxylic acid groups (broad SMARTS) is 1. The molecule has 2 aromatic rings. The van der Waals surface area contributed by atoms with E-state index >= 15 is 0 Å². The number of rotatable bonds is 4. The highest BCUT2D eigenvalue weighted by atomic mass is 79.9. The molecule has 0 aliphatic heterocycles. The molecule has 0 aliphatic rings. The molecule has 2 rings (SSSR count). The van der Waals surface area contributed by atoms with Gasteiger partial charge in [0.25, 0.3) is 0 Å². The predicted molar refractivity (Wildman–Crippen MR) is 79.2 cm³/mol. The fraction of sp³-hybridized carbons (Fsp3) is 0.133. The Balaban J connectivity index is 2.46. The smallest absolute Gasteiger partial charge is 0.333 e. The van der Waals surface area contributed by atoms with Crippen LogP contribution in [0.25, 0.3) is 0 Å². The van der Waals surface area contributed by atoms with Crippen LogP contribution in [0.15, 0.2) is 53.0 Å². The van der Waals surface area contributed by atoms with Crippen molar-refractivity contribution in [2.24, 2.45) is 0 Å². The second kappa shape index (κ2) is 5.63. The lowest BCUT2D eigenvalue weighted by atomic mass is 9.91. The number of hydrogen-bond donors (Lipinski definition) is 2.